The first-order chi connectivity index (χ1) is 11.6. The van der Waals surface area contributed by atoms with Crippen molar-refractivity contribution < 1.29 is 9.72 Å². The number of nitro groups is 1. The van der Waals surface area contributed by atoms with E-state index < -0.39 is 4.92 Å². The number of nitrogens with zero attached hydrogens (tertiary/aromatic N) is 3. The van der Waals surface area contributed by atoms with Gasteiger partial charge in [0.25, 0.3) is 5.69 Å². The molecule has 9 nitrogen and oxygen atoms in total. The molecule has 0 atom stereocenters. The fourth-order valence-corrected chi connectivity index (χ4v) is 2.03. The highest BCUT2D eigenvalue weighted by molar-refractivity contribution is 5.73. The second-order valence-electron chi connectivity index (χ2n) is 5.07. The monoisotopic (exact) mass is 332 g/mol. The van der Waals surface area contributed by atoms with E-state index in [2.05, 4.69) is 20.9 Å². The number of carbonyl (C=O) groups is 1. The van der Waals surface area contributed by atoms with Crippen molar-refractivity contribution in [3.8, 4) is 0 Å². The quantitative estimate of drug-likeness (QED) is 0.366. The van der Waals surface area contributed by atoms with Crippen LogP contribution in [0.15, 0.2) is 43.0 Å². The maximum absolute atomic E-state index is 11.6. The summed E-state index contributed by atoms with van der Waals surface area (Å²) in [6, 6.07) is 5.92. The third kappa shape index (κ3) is 5.95. The Morgan fingerprint density at radius 3 is 2.58 bits per heavy atom. The number of nitro benzene ring substituents is 1. The van der Waals surface area contributed by atoms with Gasteiger partial charge < -0.3 is 20.5 Å². The van der Waals surface area contributed by atoms with Crippen LogP contribution < -0.4 is 16.0 Å². The number of hydrogen-bond acceptors (Lipinski definition) is 5. The minimum Gasteiger partial charge on any atom is -0.383 e. The maximum atomic E-state index is 11.6. The van der Waals surface area contributed by atoms with E-state index in [0.29, 0.717) is 19.6 Å². The number of aryl methyl sites for hydroxylation is 1. The number of imidazole rings is 1. The van der Waals surface area contributed by atoms with Crippen LogP contribution in [0.2, 0.25) is 0 Å². The summed E-state index contributed by atoms with van der Waals surface area (Å²) in [5.41, 5.74) is 0.817. The average molecular weight is 332 g/mol. The highest BCUT2D eigenvalue weighted by Gasteiger charge is 2.03. The predicted octanol–water partition coefficient (Wildman–Crippen LogP) is 1.59. The van der Waals surface area contributed by atoms with Crippen LogP contribution in [0, 0.1) is 10.1 Å². The zero-order chi connectivity index (χ0) is 17.2. The zero-order valence-corrected chi connectivity index (χ0v) is 13.1. The van der Waals surface area contributed by atoms with Crippen LogP contribution in [0.5, 0.6) is 0 Å². The molecule has 0 saturated carbocycles. The summed E-state index contributed by atoms with van der Waals surface area (Å²) >= 11 is 0. The summed E-state index contributed by atoms with van der Waals surface area (Å²) in [6.45, 7) is 2.37. The SMILES string of the molecule is O=C(NCCCn1ccnc1)NCCNc1ccc([N+](=O)[O-])cc1. The lowest BCUT2D eigenvalue weighted by atomic mass is 10.3. The van der Waals surface area contributed by atoms with E-state index >= 15 is 0 Å². The van der Waals surface area contributed by atoms with E-state index in [4.69, 9.17) is 0 Å². The second kappa shape index (κ2) is 9.13. The molecule has 1 aromatic heterocycles. The van der Waals surface area contributed by atoms with Crippen molar-refractivity contribution >= 4 is 17.4 Å². The van der Waals surface area contributed by atoms with Crippen LogP contribution in [0.3, 0.4) is 0 Å². The third-order valence-corrected chi connectivity index (χ3v) is 3.26. The Kier molecular flexibility index (Phi) is 6.57. The summed E-state index contributed by atoms with van der Waals surface area (Å²) in [7, 11) is 0. The molecule has 2 aromatic rings. The van der Waals surface area contributed by atoms with Crippen LogP contribution in [-0.2, 0) is 6.54 Å². The minimum absolute atomic E-state index is 0.0498. The Labute approximate surface area is 139 Å². The lowest BCUT2D eigenvalue weighted by Crippen LogP contribution is -2.38. The van der Waals surface area contributed by atoms with E-state index in [1.165, 1.54) is 12.1 Å². The van der Waals surface area contributed by atoms with Crippen molar-refractivity contribution in [2.75, 3.05) is 25.0 Å². The number of carbonyl (C=O) groups excluding carboxylic acids is 1. The fraction of sp³-hybridized carbons (Fsp3) is 0.333. The molecule has 0 radical (unpaired) electrons. The van der Waals surface area contributed by atoms with Crippen molar-refractivity contribution in [2.24, 2.45) is 0 Å². The minimum atomic E-state index is -0.442. The van der Waals surface area contributed by atoms with Gasteiger partial charge in [-0.1, -0.05) is 0 Å². The van der Waals surface area contributed by atoms with Gasteiger partial charge in [-0.3, -0.25) is 10.1 Å². The number of anilines is 1. The summed E-state index contributed by atoms with van der Waals surface area (Å²) in [6.07, 6.45) is 6.16. The number of rotatable bonds is 9. The molecule has 2 rings (SSSR count). The van der Waals surface area contributed by atoms with E-state index in [-0.39, 0.29) is 11.7 Å². The zero-order valence-electron chi connectivity index (χ0n) is 13.1. The van der Waals surface area contributed by atoms with E-state index in [1.807, 2.05) is 10.8 Å². The van der Waals surface area contributed by atoms with E-state index in [1.54, 1.807) is 24.7 Å². The Balaban J connectivity index is 1.53. The van der Waals surface area contributed by atoms with Gasteiger partial charge in [-0.05, 0) is 18.6 Å². The molecule has 3 N–H and O–H groups in total. The number of aromatic nitrogens is 2. The molecule has 2 amide bonds. The van der Waals surface area contributed by atoms with Crippen LogP contribution in [0.1, 0.15) is 6.42 Å². The van der Waals surface area contributed by atoms with Crippen LogP contribution in [0.25, 0.3) is 0 Å². The lowest BCUT2D eigenvalue weighted by Gasteiger charge is -2.09. The van der Waals surface area contributed by atoms with Gasteiger partial charge >= 0.3 is 6.03 Å². The Morgan fingerprint density at radius 1 is 1.17 bits per heavy atom. The molecule has 0 aliphatic rings. The van der Waals surface area contributed by atoms with Gasteiger partial charge in [-0.2, -0.15) is 0 Å². The van der Waals surface area contributed by atoms with Gasteiger partial charge in [0, 0.05) is 56.4 Å². The molecule has 0 unspecified atom stereocenters. The summed E-state index contributed by atoms with van der Waals surface area (Å²) < 4.78 is 1.95. The molecule has 0 aliphatic heterocycles. The molecule has 0 bridgehead atoms. The molecular weight excluding hydrogens is 312 g/mol. The fourth-order valence-electron chi connectivity index (χ4n) is 2.03. The number of urea groups is 1. The lowest BCUT2D eigenvalue weighted by molar-refractivity contribution is -0.384. The van der Waals surface area contributed by atoms with Crippen molar-refractivity contribution in [1.82, 2.24) is 20.2 Å². The van der Waals surface area contributed by atoms with Crippen molar-refractivity contribution in [1.29, 1.82) is 0 Å². The number of hydrogen-bond donors (Lipinski definition) is 3. The number of nitrogens with one attached hydrogen (secondary N) is 3. The Morgan fingerprint density at radius 2 is 1.92 bits per heavy atom. The van der Waals surface area contributed by atoms with Gasteiger partial charge in [0.15, 0.2) is 0 Å². The van der Waals surface area contributed by atoms with Gasteiger partial charge in [-0.25, -0.2) is 9.78 Å². The smallest absolute Gasteiger partial charge is 0.314 e. The Hall–Kier alpha value is -3.10. The van der Waals surface area contributed by atoms with E-state index in [0.717, 1.165) is 18.7 Å². The summed E-state index contributed by atoms with van der Waals surface area (Å²) in [5.74, 6) is 0. The largest absolute Gasteiger partial charge is 0.383 e. The van der Waals surface area contributed by atoms with E-state index in [9.17, 15) is 14.9 Å². The molecule has 24 heavy (non-hydrogen) atoms. The number of non-ortho nitro benzene ring substituents is 1. The second-order valence-corrected chi connectivity index (χ2v) is 5.07. The first-order valence-electron chi connectivity index (χ1n) is 7.61. The highest BCUT2D eigenvalue weighted by atomic mass is 16.6. The maximum Gasteiger partial charge on any atom is 0.314 e. The first kappa shape index (κ1) is 17.3. The van der Waals surface area contributed by atoms with Gasteiger partial charge in [0.1, 0.15) is 0 Å². The molecule has 0 aliphatic carbocycles. The molecule has 1 aromatic carbocycles. The topological polar surface area (TPSA) is 114 Å². The van der Waals surface area contributed by atoms with Gasteiger partial charge in [-0.15, -0.1) is 0 Å². The number of benzene rings is 1. The molecular formula is C15H20N6O3. The van der Waals surface area contributed by atoms with Crippen molar-refractivity contribution in [2.45, 2.75) is 13.0 Å². The molecule has 128 valence electrons. The van der Waals surface area contributed by atoms with Crippen LogP contribution in [0.4, 0.5) is 16.2 Å². The molecule has 0 spiro atoms. The average Bonchev–Trinajstić information content (AvgIpc) is 3.09. The van der Waals surface area contributed by atoms with Crippen molar-refractivity contribution in [3.05, 3.63) is 53.1 Å². The third-order valence-electron chi connectivity index (χ3n) is 3.26. The van der Waals surface area contributed by atoms with Gasteiger partial charge in [0.2, 0.25) is 0 Å². The Bertz CT molecular complexity index is 642. The highest BCUT2D eigenvalue weighted by Crippen LogP contribution is 2.14. The number of amides is 2. The van der Waals surface area contributed by atoms with Gasteiger partial charge in [0.05, 0.1) is 11.3 Å². The van der Waals surface area contributed by atoms with Crippen LogP contribution in [-0.4, -0.2) is 40.1 Å². The first-order valence-corrected chi connectivity index (χ1v) is 7.61. The molecule has 1 heterocycles. The summed E-state index contributed by atoms with van der Waals surface area (Å²) in [5, 5.41) is 19.1. The normalized spacial score (nSPS) is 10.2. The van der Waals surface area contributed by atoms with Crippen molar-refractivity contribution in [3.63, 3.8) is 0 Å². The van der Waals surface area contributed by atoms with Crippen LogP contribution >= 0.6 is 0 Å². The molecule has 0 fully saturated rings. The summed E-state index contributed by atoms with van der Waals surface area (Å²) in [4.78, 5) is 25.6. The standard InChI is InChI=1S/C15H20N6O3/c22-15(18-6-1-10-20-11-9-16-12-20)19-8-7-17-13-2-4-14(5-3-13)21(23)24/h2-5,9,11-12,17H,1,6-8,10H2,(H2,18,19,22). The molecule has 0 saturated heterocycles. The molecule has 9 heteroatoms. The predicted molar refractivity (Wildman–Crippen MR) is 89.8 cm³/mol.